The van der Waals surface area contributed by atoms with Crippen molar-refractivity contribution in [3.8, 4) is 5.69 Å². The Bertz CT molecular complexity index is 843. The number of hydrogen-bond donors (Lipinski definition) is 1. The van der Waals surface area contributed by atoms with E-state index in [9.17, 15) is 4.79 Å². The summed E-state index contributed by atoms with van der Waals surface area (Å²) in [6, 6.07) is 17.8. The van der Waals surface area contributed by atoms with Gasteiger partial charge in [0.05, 0.1) is 11.7 Å². The van der Waals surface area contributed by atoms with Gasteiger partial charge in [-0.05, 0) is 48.4 Å². The largest absolute Gasteiger partial charge is 0.345 e. The molecule has 1 aliphatic rings. The minimum Gasteiger partial charge on any atom is -0.345 e. The second-order valence-corrected chi connectivity index (χ2v) is 6.84. The molecule has 3 aromatic rings. The molecule has 2 aromatic carbocycles. The minimum absolute atomic E-state index is 0.0336. The molecule has 0 fully saturated rings. The molecule has 1 atom stereocenters. The van der Waals surface area contributed by atoms with Crippen molar-refractivity contribution in [3.63, 3.8) is 0 Å². The van der Waals surface area contributed by atoms with Gasteiger partial charge in [-0.2, -0.15) is 5.10 Å². The van der Waals surface area contributed by atoms with Gasteiger partial charge in [-0.15, -0.1) is 11.8 Å². The second-order valence-electron chi connectivity index (χ2n) is 5.70. The van der Waals surface area contributed by atoms with E-state index >= 15 is 0 Å². The van der Waals surface area contributed by atoms with Crippen LogP contribution in [0, 0.1) is 0 Å². The van der Waals surface area contributed by atoms with Gasteiger partial charge in [-0.25, -0.2) is 4.68 Å². The number of carbonyl (C=O) groups is 1. The maximum atomic E-state index is 12.6. The second kappa shape index (κ2) is 6.53. The van der Waals surface area contributed by atoms with E-state index in [0.717, 1.165) is 17.9 Å². The molecule has 4 nitrogen and oxygen atoms in total. The predicted molar refractivity (Wildman–Crippen MR) is 95.6 cm³/mol. The van der Waals surface area contributed by atoms with Crippen LogP contribution in [0.4, 0.5) is 0 Å². The van der Waals surface area contributed by atoms with E-state index in [2.05, 4.69) is 22.5 Å². The van der Waals surface area contributed by atoms with Crippen LogP contribution < -0.4 is 5.32 Å². The summed E-state index contributed by atoms with van der Waals surface area (Å²) in [5.74, 6) is 0.994. The van der Waals surface area contributed by atoms with Crippen LogP contribution in [0.25, 0.3) is 5.69 Å². The average molecular weight is 335 g/mol. The molecule has 24 heavy (non-hydrogen) atoms. The van der Waals surface area contributed by atoms with E-state index in [-0.39, 0.29) is 11.9 Å². The highest BCUT2D eigenvalue weighted by Gasteiger charge is 2.22. The zero-order valence-electron chi connectivity index (χ0n) is 13.1. The number of thioether (sulfide) groups is 1. The molecule has 1 N–H and O–H groups in total. The summed E-state index contributed by atoms with van der Waals surface area (Å²) < 4.78 is 1.77. The number of rotatable bonds is 3. The molecule has 0 saturated heterocycles. The Hall–Kier alpha value is -2.53. The molecule has 4 rings (SSSR count). The molecule has 1 aromatic heterocycles. The Morgan fingerprint density at radius 3 is 2.75 bits per heavy atom. The van der Waals surface area contributed by atoms with Gasteiger partial charge in [0.15, 0.2) is 0 Å². The summed E-state index contributed by atoms with van der Waals surface area (Å²) in [5, 5.41) is 7.36. The van der Waals surface area contributed by atoms with Crippen LogP contribution in [-0.4, -0.2) is 21.4 Å². The first-order chi connectivity index (χ1) is 11.8. The Kier molecular flexibility index (Phi) is 4.09. The fourth-order valence-corrected chi connectivity index (χ4v) is 4.05. The lowest BCUT2D eigenvalue weighted by atomic mass is 10.0. The minimum atomic E-state index is -0.0336. The molecule has 1 unspecified atom stereocenters. The Morgan fingerprint density at radius 1 is 1.12 bits per heavy atom. The average Bonchev–Trinajstić information content (AvgIpc) is 3.17. The zero-order valence-corrected chi connectivity index (χ0v) is 13.9. The molecular weight excluding hydrogens is 318 g/mol. The van der Waals surface area contributed by atoms with Crippen molar-refractivity contribution < 1.29 is 4.79 Å². The predicted octanol–water partition coefficient (Wildman–Crippen LogP) is 3.84. The van der Waals surface area contributed by atoms with Gasteiger partial charge >= 0.3 is 0 Å². The van der Waals surface area contributed by atoms with E-state index in [4.69, 9.17) is 0 Å². The monoisotopic (exact) mass is 335 g/mol. The highest BCUT2D eigenvalue weighted by Crippen LogP contribution is 2.35. The van der Waals surface area contributed by atoms with Crippen LogP contribution in [0.3, 0.4) is 0 Å². The summed E-state index contributed by atoms with van der Waals surface area (Å²) in [5.41, 5.74) is 2.83. The molecular formula is C19H17N3OS. The van der Waals surface area contributed by atoms with Crippen LogP contribution >= 0.6 is 11.8 Å². The maximum Gasteiger partial charge on any atom is 0.251 e. The van der Waals surface area contributed by atoms with E-state index in [1.165, 1.54) is 10.5 Å². The van der Waals surface area contributed by atoms with Gasteiger partial charge in [0.1, 0.15) is 0 Å². The van der Waals surface area contributed by atoms with E-state index in [1.807, 2.05) is 60.4 Å². The number of aromatic nitrogens is 2. The van der Waals surface area contributed by atoms with Gasteiger partial charge < -0.3 is 5.32 Å². The van der Waals surface area contributed by atoms with E-state index in [0.29, 0.717) is 5.56 Å². The summed E-state index contributed by atoms with van der Waals surface area (Å²) in [7, 11) is 0. The lowest BCUT2D eigenvalue weighted by Gasteiger charge is -2.25. The Morgan fingerprint density at radius 2 is 1.96 bits per heavy atom. The normalized spacial score (nSPS) is 16.4. The van der Waals surface area contributed by atoms with Gasteiger partial charge in [0, 0.05) is 28.6 Å². The summed E-state index contributed by atoms with van der Waals surface area (Å²) >= 11 is 1.85. The van der Waals surface area contributed by atoms with Crippen LogP contribution in [0.1, 0.15) is 28.4 Å². The summed E-state index contributed by atoms with van der Waals surface area (Å²) in [6.45, 7) is 0. The third kappa shape index (κ3) is 2.95. The first-order valence-corrected chi connectivity index (χ1v) is 8.92. The number of hydrogen-bond acceptors (Lipinski definition) is 3. The van der Waals surface area contributed by atoms with E-state index in [1.54, 1.807) is 10.9 Å². The van der Waals surface area contributed by atoms with Gasteiger partial charge in [0.2, 0.25) is 0 Å². The van der Waals surface area contributed by atoms with Crippen LogP contribution in [0.15, 0.2) is 71.9 Å². The van der Waals surface area contributed by atoms with Crippen LogP contribution in [-0.2, 0) is 0 Å². The van der Waals surface area contributed by atoms with Gasteiger partial charge in [0.25, 0.3) is 5.91 Å². The van der Waals surface area contributed by atoms with Crippen molar-refractivity contribution in [2.24, 2.45) is 0 Å². The third-order valence-corrected chi connectivity index (χ3v) is 5.28. The fourth-order valence-electron chi connectivity index (χ4n) is 2.92. The smallest absolute Gasteiger partial charge is 0.251 e. The molecule has 0 bridgehead atoms. The summed E-state index contributed by atoms with van der Waals surface area (Å²) in [6.07, 6.45) is 4.57. The standard InChI is InChI=1S/C19H17N3OS/c23-19(14-6-8-15(9-7-14)22-12-3-11-20-22)21-17-10-13-24-18-5-2-1-4-16(17)18/h1-9,11-12,17H,10,13H2,(H,21,23). The number of amides is 1. The number of fused-ring (bicyclic) bond motifs is 1. The molecule has 0 saturated carbocycles. The molecule has 0 radical (unpaired) electrons. The molecule has 1 aliphatic heterocycles. The zero-order chi connectivity index (χ0) is 16.4. The van der Waals surface area contributed by atoms with Gasteiger partial charge in [-0.1, -0.05) is 18.2 Å². The van der Waals surface area contributed by atoms with Crippen molar-refractivity contribution in [3.05, 3.63) is 78.1 Å². The van der Waals surface area contributed by atoms with Crippen molar-refractivity contribution >= 4 is 17.7 Å². The van der Waals surface area contributed by atoms with Crippen LogP contribution in [0.5, 0.6) is 0 Å². The molecule has 5 heteroatoms. The Labute approximate surface area is 144 Å². The maximum absolute atomic E-state index is 12.6. The molecule has 1 amide bonds. The highest BCUT2D eigenvalue weighted by atomic mass is 32.2. The van der Waals surface area contributed by atoms with Crippen molar-refractivity contribution in [2.45, 2.75) is 17.4 Å². The van der Waals surface area contributed by atoms with Crippen molar-refractivity contribution in [1.29, 1.82) is 0 Å². The number of benzene rings is 2. The SMILES string of the molecule is O=C(NC1CCSc2ccccc21)c1ccc(-n2cccn2)cc1. The quantitative estimate of drug-likeness (QED) is 0.791. The number of nitrogens with one attached hydrogen (secondary N) is 1. The number of carbonyl (C=O) groups excluding carboxylic acids is 1. The number of nitrogens with zero attached hydrogens (tertiary/aromatic N) is 2. The summed E-state index contributed by atoms with van der Waals surface area (Å²) in [4.78, 5) is 13.8. The molecule has 0 aliphatic carbocycles. The van der Waals surface area contributed by atoms with Gasteiger partial charge in [-0.3, -0.25) is 4.79 Å². The highest BCUT2D eigenvalue weighted by molar-refractivity contribution is 7.99. The lowest BCUT2D eigenvalue weighted by molar-refractivity contribution is 0.0935. The molecule has 120 valence electrons. The van der Waals surface area contributed by atoms with E-state index < -0.39 is 0 Å². The fraction of sp³-hybridized carbons (Fsp3) is 0.158. The first kappa shape index (κ1) is 15.0. The lowest BCUT2D eigenvalue weighted by Crippen LogP contribution is -2.30. The Balaban J connectivity index is 1.51. The topological polar surface area (TPSA) is 46.9 Å². The molecule has 2 heterocycles. The molecule has 0 spiro atoms. The van der Waals surface area contributed by atoms with Crippen molar-refractivity contribution in [1.82, 2.24) is 15.1 Å². The third-order valence-electron chi connectivity index (χ3n) is 4.16. The van der Waals surface area contributed by atoms with Crippen molar-refractivity contribution in [2.75, 3.05) is 5.75 Å². The first-order valence-electron chi connectivity index (χ1n) is 7.94. The van der Waals surface area contributed by atoms with Crippen LogP contribution in [0.2, 0.25) is 0 Å².